The second-order valence-electron chi connectivity index (χ2n) is 3.90. The van der Waals surface area contributed by atoms with Crippen LogP contribution in [0.2, 0.25) is 0 Å². The second kappa shape index (κ2) is 4.39. The van der Waals surface area contributed by atoms with E-state index in [0.717, 1.165) is 23.1 Å². The number of benzene rings is 1. The van der Waals surface area contributed by atoms with Crippen molar-refractivity contribution < 1.29 is 4.74 Å². The zero-order valence-electron chi connectivity index (χ0n) is 9.60. The average molecular weight is 216 g/mol. The van der Waals surface area contributed by atoms with Crippen LogP contribution in [-0.2, 0) is 0 Å². The molecule has 0 fully saturated rings. The van der Waals surface area contributed by atoms with Crippen molar-refractivity contribution in [2.24, 2.45) is 0 Å². The Bertz CT molecular complexity index is 496. The Kier molecular flexibility index (Phi) is 2.95. The molecule has 3 nitrogen and oxygen atoms in total. The van der Waals surface area contributed by atoms with Crippen LogP contribution < -0.4 is 10.5 Å². The molecule has 0 amide bonds. The summed E-state index contributed by atoms with van der Waals surface area (Å²) in [5.74, 6) is 0.750. The summed E-state index contributed by atoms with van der Waals surface area (Å²) in [6.45, 7) is 4.12. The molecule has 0 aliphatic carbocycles. The van der Waals surface area contributed by atoms with Crippen molar-refractivity contribution in [2.45, 2.75) is 26.4 Å². The Labute approximate surface area is 95.2 Å². The molecule has 0 saturated heterocycles. The number of rotatable bonds is 3. The lowest BCUT2D eigenvalue weighted by Gasteiger charge is -2.16. The lowest BCUT2D eigenvalue weighted by atomic mass is 10.2. The molecule has 2 rings (SSSR count). The van der Waals surface area contributed by atoms with Crippen LogP contribution in [0.15, 0.2) is 30.5 Å². The molecule has 1 aromatic carbocycles. The second-order valence-corrected chi connectivity index (χ2v) is 3.90. The summed E-state index contributed by atoms with van der Waals surface area (Å²) >= 11 is 0. The first-order chi connectivity index (χ1) is 7.72. The van der Waals surface area contributed by atoms with Crippen LogP contribution in [0.1, 0.15) is 20.3 Å². The minimum atomic E-state index is 0.160. The zero-order valence-corrected chi connectivity index (χ0v) is 9.60. The van der Waals surface area contributed by atoms with Gasteiger partial charge in [-0.15, -0.1) is 0 Å². The summed E-state index contributed by atoms with van der Waals surface area (Å²) in [5.41, 5.74) is 7.41. The Morgan fingerprint density at radius 1 is 1.38 bits per heavy atom. The number of para-hydroxylation sites is 1. The van der Waals surface area contributed by atoms with Crippen LogP contribution in [-0.4, -0.2) is 11.1 Å². The van der Waals surface area contributed by atoms with Gasteiger partial charge in [0.25, 0.3) is 0 Å². The molecule has 0 saturated carbocycles. The van der Waals surface area contributed by atoms with E-state index in [9.17, 15) is 0 Å². The third kappa shape index (κ3) is 1.94. The molecule has 84 valence electrons. The monoisotopic (exact) mass is 216 g/mol. The van der Waals surface area contributed by atoms with E-state index < -0.39 is 0 Å². The van der Waals surface area contributed by atoms with Gasteiger partial charge in [0.2, 0.25) is 0 Å². The van der Waals surface area contributed by atoms with Gasteiger partial charge < -0.3 is 10.5 Å². The predicted octanol–water partition coefficient (Wildman–Crippen LogP) is 2.99. The molecule has 0 spiro atoms. The van der Waals surface area contributed by atoms with Crippen molar-refractivity contribution in [1.82, 2.24) is 4.98 Å². The van der Waals surface area contributed by atoms with E-state index in [1.807, 2.05) is 31.2 Å². The predicted molar refractivity (Wildman–Crippen MR) is 66.5 cm³/mol. The Balaban J connectivity index is 2.52. The van der Waals surface area contributed by atoms with Gasteiger partial charge in [0.05, 0.1) is 23.5 Å². The number of hydrogen-bond donors (Lipinski definition) is 1. The van der Waals surface area contributed by atoms with Crippen LogP contribution in [0.25, 0.3) is 10.9 Å². The minimum absolute atomic E-state index is 0.160. The summed E-state index contributed by atoms with van der Waals surface area (Å²) < 4.78 is 5.84. The van der Waals surface area contributed by atoms with Crippen LogP contribution in [0, 0.1) is 0 Å². The Morgan fingerprint density at radius 2 is 2.12 bits per heavy atom. The first-order valence-electron chi connectivity index (χ1n) is 5.52. The molecule has 16 heavy (non-hydrogen) atoms. The zero-order chi connectivity index (χ0) is 11.5. The van der Waals surface area contributed by atoms with Crippen molar-refractivity contribution in [1.29, 1.82) is 0 Å². The van der Waals surface area contributed by atoms with E-state index >= 15 is 0 Å². The number of pyridine rings is 1. The van der Waals surface area contributed by atoms with Crippen LogP contribution in [0.4, 0.5) is 5.69 Å². The van der Waals surface area contributed by atoms with Gasteiger partial charge in [0.1, 0.15) is 0 Å². The fourth-order valence-electron chi connectivity index (χ4n) is 1.55. The third-order valence-electron chi connectivity index (χ3n) is 2.65. The van der Waals surface area contributed by atoms with Crippen molar-refractivity contribution >= 4 is 16.6 Å². The molecular formula is C13H16N2O. The fraction of sp³-hybridized carbons (Fsp3) is 0.308. The number of nitrogen functional groups attached to an aromatic ring is 1. The normalized spacial score (nSPS) is 12.6. The van der Waals surface area contributed by atoms with Crippen LogP contribution >= 0.6 is 0 Å². The quantitative estimate of drug-likeness (QED) is 0.858. The van der Waals surface area contributed by atoms with Crippen LogP contribution in [0.5, 0.6) is 5.75 Å². The van der Waals surface area contributed by atoms with Crippen molar-refractivity contribution in [3.63, 3.8) is 0 Å². The maximum Gasteiger partial charge on any atom is 0.153 e. The molecule has 1 heterocycles. The number of fused-ring (bicyclic) bond motifs is 1. The molecule has 0 bridgehead atoms. The highest BCUT2D eigenvalue weighted by Crippen LogP contribution is 2.31. The highest BCUT2D eigenvalue weighted by atomic mass is 16.5. The van der Waals surface area contributed by atoms with Gasteiger partial charge in [-0.3, -0.25) is 4.98 Å². The summed E-state index contributed by atoms with van der Waals surface area (Å²) in [7, 11) is 0. The molecular weight excluding hydrogens is 200 g/mol. The van der Waals surface area contributed by atoms with Gasteiger partial charge in [-0.05, 0) is 25.5 Å². The molecule has 2 aromatic rings. The number of anilines is 1. The van der Waals surface area contributed by atoms with Crippen LogP contribution in [0.3, 0.4) is 0 Å². The smallest absolute Gasteiger partial charge is 0.153 e. The van der Waals surface area contributed by atoms with E-state index in [2.05, 4.69) is 11.9 Å². The Morgan fingerprint density at radius 3 is 2.88 bits per heavy atom. The largest absolute Gasteiger partial charge is 0.488 e. The van der Waals surface area contributed by atoms with E-state index in [-0.39, 0.29) is 6.10 Å². The van der Waals surface area contributed by atoms with E-state index in [1.54, 1.807) is 6.20 Å². The van der Waals surface area contributed by atoms with Gasteiger partial charge in [-0.2, -0.15) is 0 Å². The molecule has 3 heteroatoms. The average Bonchev–Trinajstić information content (AvgIpc) is 2.32. The highest BCUT2D eigenvalue weighted by Gasteiger charge is 2.10. The molecule has 0 aliphatic rings. The summed E-state index contributed by atoms with van der Waals surface area (Å²) in [6.07, 6.45) is 2.77. The third-order valence-corrected chi connectivity index (χ3v) is 2.65. The lowest BCUT2D eigenvalue weighted by molar-refractivity contribution is 0.221. The molecule has 0 aliphatic heterocycles. The summed E-state index contributed by atoms with van der Waals surface area (Å²) in [5, 5.41) is 0.975. The van der Waals surface area contributed by atoms with E-state index in [1.165, 1.54) is 0 Å². The van der Waals surface area contributed by atoms with Gasteiger partial charge >= 0.3 is 0 Å². The standard InChI is InChI=1S/C13H16N2O/c1-3-9(2)16-13-10-6-4-5-7-12(10)15-8-11(13)14/h4-9H,3,14H2,1-2H3. The fourth-order valence-corrected chi connectivity index (χ4v) is 1.55. The number of nitrogens with two attached hydrogens (primary N) is 1. The SMILES string of the molecule is CCC(C)Oc1c(N)cnc2ccccc12. The molecule has 1 aromatic heterocycles. The molecule has 1 unspecified atom stereocenters. The number of nitrogens with zero attached hydrogens (tertiary/aromatic N) is 1. The van der Waals surface area contributed by atoms with Gasteiger partial charge in [-0.1, -0.05) is 19.1 Å². The Hall–Kier alpha value is -1.77. The minimum Gasteiger partial charge on any atom is -0.488 e. The van der Waals surface area contributed by atoms with E-state index in [4.69, 9.17) is 10.5 Å². The van der Waals surface area contributed by atoms with Gasteiger partial charge in [0.15, 0.2) is 5.75 Å². The summed E-state index contributed by atoms with van der Waals surface area (Å²) in [4.78, 5) is 4.27. The first-order valence-corrected chi connectivity index (χ1v) is 5.52. The van der Waals surface area contributed by atoms with Crippen molar-refractivity contribution in [3.8, 4) is 5.75 Å². The summed E-state index contributed by atoms with van der Waals surface area (Å²) in [6, 6.07) is 7.86. The first kappa shape index (κ1) is 10.7. The maximum atomic E-state index is 5.90. The highest BCUT2D eigenvalue weighted by molar-refractivity contribution is 5.89. The molecule has 0 radical (unpaired) electrons. The lowest BCUT2D eigenvalue weighted by Crippen LogP contribution is -2.11. The topological polar surface area (TPSA) is 48.1 Å². The van der Waals surface area contributed by atoms with Gasteiger partial charge in [0, 0.05) is 5.39 Å². The number of hydrogen-bond acceptors (Lipinski definition) is 3. The molecule has 1 atom stereocenters. The number of ether oxygens (including phenoxy) is 1. The number of aromatic nitrogens is 1. The van der Waals surface area contributed by atoms with Crippen molar-refractivity contribution in [3.05, 3.63) is 30.5 Å². The maximum absolute atomic E-state index is 5.90. The van der Waals surface area contributed by atoms with Gasteiger partial charge in [-0.25, -0.2) is 0 Å². The van der Waals surface area contributed by atoms with Crippen molar-refractivity contribution in [2.75, 3.05) is 5.73 Å². The molecule has 2 N–H and O–H groups in total. The van der Waals surface area contributed by atoms with E-state index in [0.29, 0.717) is 5.69 Å².